The first kappa shape index (κ1) is 20.6. The fourth-order valence-electron chi connectivity index (χ4n) is 3.90. The largest absolute Gasteiger partial charge is 0.344 e. The molecule has 31 heavy (non-hydrogen) atoms. The van der Waals surface area contributed by atoms with Gasteiger partial charge in [0.1, 0.15) is 5.54 Å². The van der Waals surface area contributed by atoms with E-state index in [4.69, 9.17) is 0 Å². The van der Waals surface area contributed by atoms with E-state index in [2.05, 4.69) is 10.7 Å². The van der Waals surface area contributed by atoms with Crippen LogP contribution in [0.2, 0.25) is 0 Å². The molecule has 160 valence electrons. The van der Waals surface area contributed by atoms with Gasteiger partial charge in [0.2, 0.25) is 5.91 Å². The average Bonchev–Trinajstić information content (AvgIpc) is 3.30. The van der Waals surface area contributed by atoms with Gasteiger partial charge < -0.3 is 10.2 Å². The van der Waals surface area contributed by atoms with Crippen LogP contribution in [0.25, 0.3) is 0 Å². The molecule has 0 unspecified atom stereocenters. The number of aryl methyl sites for hydroxylation is 1. The Labute approximate surface area is 180 Å². The Hall–Kier alpha value is -3.68. The van der Waals surface area contributed by atoms with Crippen LogP contribution in [0.4, 0.5) is 10.5 Å². The summed E-state index contributed by atoms with van der Waals surface area (Å²) in [6.07, 6.45) is 2.28. The lowest BCUT2D eigenvalue weighted by Crippen LogP contribution is -2.49. The van der Waals surface area contributed by atoms with Crippen LogP contribution in [0, 0.1) is 0 Å². The number of carbonyl (C=O) groups is 4. The molecule has 2 fully saturated rings. The number of nitrogens with zero attached hydrogens (tertiary/aromatic N) is 2. The lowest BCUT2D eigenvalue weighted by Gasteiger charge is -2.22. The minimum absolute atomic E-state index is 0.0147. The van der Waals surface area contributed by atoms with Gasteiger partial charge in [-0.15, -0.1) is 0 Å². The molecule has 2 N–H and O–H groups in total. The summed E-state index contributed by atoms with van der Waals surface area (Å²) in [5.41, 5.74) is 3.24. The van der Waals surface area contributed by atoms with Gasteiger partial charge in [-0.25, -0.2) is 4.79 Å². The van der Waals surface area contributed by atoms with E-state index < -0.39 is 23.4 Å². The quantitative estimate of drug-likeness (QED) is 0.701. The van der Waals surface area contributed by atoms with Crippen LogP contribution in [0.15, 0.2) is 54.6 Å². The fourth-order valence-corrected chi connectivity index (χ4v) is 3.90. The standard InChI is InChI=1S/C23H24N4O4/c1-23(13-12-16-7-3-2-4-8-16)21(30)27(22(31)24-23)25-20(29)17-9-5-10-18(15-17)26-14-6-11-19(26)28/h2-5,7-10,15H,6,11-14H2,1H3,(H,24,31)(H,25,29)/t23-/m0/s1. The van der Waals surface area contributed by atoms with Gasteiger partial charge in [-0.2, -0.15) is 5.01 Å². The third-order valence-electron chi connectivity index (χ3n) is 5.72. The molecule has 2 aliphatic rings. The number of urea groups is 1. The summed E-state index contributed by atoms with van der Waals surface area (Å²) in [7, 11) is 0. The Morgan fingerprint density at radius 1 is 1.10 bits per heavy atom. The van der Waals surface area contributed by atoms with E-state index >= 15 is 0 Å². The number of hydrogen-bond acceptors (Lipinski definition) is 4. The third-order valence-corrected chi connectivity index (χ3v) is 5.72. The maximum Gasteiger partial charge on any atom is 0.344 e. The van der Waals surface area contributed by atoms with E-state index in [1.165, 1.54) is 0 Å². The fraction of sp³-hybridized carbons (Fsp3) is 0.304. The van der Waals surface area contributed by atoms with E-state index in [-0.39, 0.29) is 11.5 Å². The van der Waals surface area contributed by atoms with Gasteiger partial charge in [0.15, 0.2) is 0 Å². The van der Waals surface area contributed by atoms with Crippen molar-refractivity contribution in [3.8, 4) is 0 Å². The highest BCUT2D eigenvalue weighted by Crippen LogP contribution is 2.24. The number of rotatable bonds is 6. The van der Waals surface area contributed by atoms with Crippen LogP contribution >= 0.6 is 0 Å². The van der Waals surface area contributed by atoms with Crippen molar-refractivity contribution in [2.24, 2.45) is 0 Å². The van der Waals surface area contributed by atoms with Crippen molar-refractivity contribution < 1.29 is 19.2 Å². The highest BCUT2D eigenvalue weighted by atomic mass is 16.2. The molecule has 2 heterocycles. The number of benzene rings is 2. The summed E-state index contributed by atoms with van der Waals surface area (Å²) in [4.78, 5) is 51.7. The molecule has 2 saturated heterocycles. The van der Waals surface area contributed by atoms with Gasteiger partial charge in [-0.1, -0.05) is 36.4 Å². The number of imide groups is 1. The Balaban J connectivity index is 1.44. The zero-order valence-electron chi connectivity index (χ0n) is 17.3. The van der Waals surface area contributed by atoms with E-state index in [1.807, 2.05) is 30.3 Å². The molecule has 1 atom stereocenters. The molecule has 2 aromatic rings. The average molecular weight is 420 g/mol. The van der Waals surface area contributed by atoms with Crippen molar-refractivity contribution in [3.63, 3.8) is 0 Å². The van der Waals surface area contributed by atoms with Gasteiger partial charge in [0.05, 0.1) is 0 Å². The molecule has 0 aromatic heterocycles. The summed E-state index contributed by atoms with van der Waals surface area (Å²) in [5, 5.41) is 3.43. The zero-order chi connectivity index (χ0) is 22.0. The normalized spacial score (nSPS) is 20.9. The first-order chi connectivity index (χ1) is 14.9. The second kappa shape index (κ2) is 8.22. The Kier molecular flexibility index (Phi) is 5.46. The van der Waals surface area contributed by atoms with Crippen molar-refractivity contribution in [3.05, 3.63) is 65.7 Å². The summed E-state index contributed by atoms with van der Waals surface area (Å²) in [6, 6.07) is 15.6. The summed E-state index contributed by atoms with van der Waals surface area (Å²) in [5.74, 6) is -1.09. The molecule has 5 amide bonds. The predicted octanol–water partition coefficient (Wildman–Crippen LogP) is 2.40. The van der Waals surface area contributed by atoms with E-state index in [0.717, 1.165) is 17.0 Å². The molecule has 2 aromatic carbocycles. The minimum Gasteiger partial charge on any atom is -0.322 e. The van der Waals surface area contributed by atoms with E-state index in [9.17, 15) is 19.2 Å². The van der Waals surface area contributed by atoms with Gasteiger partial charge in [0, 0.05) is 24.2 Å². The predicted molar refractivity (Wildman–Crippen MR) is 114 cm³/mol. The molecule has 0 aliphatic carbocycles. The van der Waals surface area contributed by atoms with Gasteiger partial charge in [0.25, 0.3) is 11.8 Å². The van der Waals surface area contributed by atoms with E-state index in [1.54, 1.807) is 36.1 Å². The number of anilines is 1. The van der Waals surface area contributed by atoms with Gasteiger partial charge in [-0.05, 0) is 49.9 Å². The molecule has 0 spiro atoms. The molecule has 0 bridgehead atoms. The van der Waals surface area contributed by atoms with Crippen LogP contribution in [0.1, 0.15) is 42.1 Å². The Morgan fingerprint density at radius 2 is 1.87 bits per heavy atom. The topological polar surface area (TPSA) is 98.8 Å². The van der Waals surface area contributed by atoms with Crippen molar-refractivity contribution in [1.29, 1.82) is 0 Å². The monoisotopic (exact) mass is 420 g/mol. The molecule has 0 radical (unpaired) electrons. The summed E-state index contributed by atoms with van der Waals surface area (Å²) < 4.78 is 0. The second-order valence-corrected chi connectivity index (χ2v) is 8.03. The SMILES string of the molecule is C[C@@]1(CCc2ccccc2)NC(=O)N(NC(=O)c2cccc(N3CCCC3=O)c2)C1=O. The van der Waals surface area contributed by atoms with Crippen molar-refractivity contribution in [2.75, 3.05) is 11.4 Å². The van der Waals surface area contributed by atoms with Crippen LogP contribution in [-0.2, 0) is 16.0 Å². The zero-order valence-corrected chi connectivity index (χ0v) is 17.3. The molecule has 4 rings (SSSR count). The first-order valence-electron chi connectivity index (χ1n) is 10.3. The Bertz CT molecular complexity index is 1040. The summed E-state index contributed by atoms with van der Waals surface area (Å²) >= 11 is 0. The lowest BCUT2D eigenvalue weighted by molar-refractivity contribution is -0.132. The molecule has 0 saturated carbocycles. The summed E-state index contributed by atoms with van der Waals surface area (Å²) in [6.45, 7) is 2.26. The van der Waals surface area contributed by atoms with Crippen LogP contribution in [0.3, 0.4) is 0 Å². The van der Waals surface area contributed by atoms with Crippen molar-refractivity contribution in [1.82, 2.24) is 15.8 Å². The maximum atomic E-state index is 12.9. The maximum absolute atomic E-state index is 12.9. The number of hydrazine groups is 1. The number of nitrogens with one attached hydrogen (secondary N) is 2. The molecule has 8 nitrogen and oxygen atoms in total. The van der Waals surface area contributed by atoms with Crippen LogP contribution in [0.5, 0.6) is 0 Å². The molecular formula is C23H24N4O4. The molecule has 2 aliphatic heterocycles. The van der Waals surface area contributed by atoms with Gasteiger partial charge >= 0.3 is 6.03 Å². The van der Waals surface area contributed by atoms with Crippen LogP contribution in [-0.4, -0.2) is 40.8 Å². The second-order valence-electron chi connectivity index (χ2n) is 8.03. The smallest absolute Gasteiger partial charge is 0.322 e. The Morgan fingerprint density at radius 3 is 2.58 bits per heavy atom. The lowest BCUT2D eigenvalue weighted by atomic mass is 9.93. The first-order valence-corrected chi connectivity index (χ1v) is 10.3. The van der Waals surface area contributed by atoms with Crippen molar-refractivity contribution in [2.45, 2.75) is 38.1 Å². The number of amides is 5. The van der Waals surface area contributed by atoms with Gasteiger partial charge in [-0.3, -0.25) is 19.8 Å². The highest BCUT2D eigenvalue weighted by Gasteiger charge is 2.48. The highest BCUT2D eigenvalue weighted by molar-refractivity contribution is 6.09. The number of hydrogen-bond donors (Lipinski definition) is 2. The van der Waals surface area contributed by atoms with Crippen molar-refractivity contribution >= 4 is 29.4 Å². The third kappa shape index (κ3) is 4.14. The van der Waals surface area contributed by atoms with E-state index in [0.29, 0.717) is 31.5 Å². The molecule has 8 heteroatoms. The molecular weight excluding hydrogens is 396 g/mol. The number of carbonyl (C=O) groups excluding carboxylic acids is 4. The minimum atomic E-state index is -1.11. The van der Waals surface area contributed by atoms with Crippen LogP contribution < -0.4 is 15.6 Å².